The molecule has 0 aliphatic carbocycles. The Bertz CT molecular complexity index is 967. The summed E-state index contributed by atoms with van der Waals surface area (Å²) in [5.74, 6) is -0.719. The van der Waals surface area contributed by atoms with Crippen molar-refractivity contribution in [1.29, 1.82) is 0 Å². The highest BCUT2D eigenvalue weighted by molar-refractivity contribution is 6.01. The van der Waals surface area contributed by atoms with Crippen molar-refractivity contribution in [1.82, 2.24) is 4.90 Å². The Balaban J connectivity index is 1.45. The molecule has 0 radical (unpaired) electrons. The zero-order chi connectivity index (χ0) is 20.5. The van der Waals surface area contributed by atoms with Crippen molar-refractivity contribution in [2.24, 2.45) is 5.92 Å². The number of fused-ring (bicyclic) bond motifs is 1. The van der Waals surface area contributed by atoms with Crippen molar-refractivity contribution < 1.29 is 19.1 Å². The molecule has 2 aromatic carbocycles. The number of anilines is 1. The third-order valence-corrected chi connectivity index (χ3v) is 5.72. The monoisotopic (exact) mass is 392 g/mol. The van der Waals surface area contributed by atoms with Gasteiger partial charge in [0.25, 0.3) is 0 Å². The van der Waals surface area contributed by atoms with E-state index < -0.39 is 0 Å². The van der Waals surface area contributed by atoms with Crippen LogP contribution in [0.3, 0.4) is 0 Å². The number of nitrogens with zero attached hydrogens (tertiary/aromatic N) is 2. The average Bonchev–Trinajstić information content (AvgIpc) is 3.31. The summed E-state index contributed by atoms with van der Waals surface area (Å²) in [6.07, 6.45) is 0.941. The van der Waals surface area contributed by atoms with E-state index in [4.69, 9.17) is 4.74 Å². The van der Waals surface area contributed by atoms with E-state index in [1.54, 1.807) is 28.0 Å². The predicted octanol–water partition coefficient (Wildman–Crippen LogP) is 2.72. The van der Waals surface area contributed by atoms with Crippen molar-refractivity contribution >= 4 is 23.5 Å². The minimum atomic E-state index is -0.384. The first kappa shape index (κ1) is 19.2. The largest absolute Gasteiger partial charge is 0.465 e. The average molecular weight is 392 g/mol. The predicted molar refractivity (Wildman–Crippen MR) is 109 cm³/mol. The number of hydrogen-bond acceptors (Lipinski definition) is 4. The molecule has 2 amide bonds. The lowest BCUT2D eigenvalue weighted by Crippen LogP contribution is -2.36. The second-order valence-corrected chi connectivity index (χ2v) is 7.74. The van der Waals surface area contributed by atoms with Crippen LogP contribution < -0.4 is 4.90 Å². The quantitative estimate of drug-likeness (QED) is 0.751. The zero-order valence-corrected chi connectivity index (χ0v) is 16.7. The summed E-state index contributed by atoms with van der Waals surface area (Å²) in [5, 5.41) is 0. The smallest absolute Gasteiger partial charge is 0.337 e. The maximum atomic E-state index is 13.1. The number of esters is 1. The topological polar surface area (TPSA) is 66.9 Å². The maximum Gasteiger partial charge on any atom is 0.337 e. The Morgan fingerprint density at radius 3 is 2.62 bits per heavy atom. The number of carbonyl (C=O) groups is 3. The van der Waals surface area contributed by atoms with Crippen LogP contribution in [-0.4, -0.2) is 42.9 Å². The van der Waals surface area contributed by atoms with Crippen molar-refractivity contribution in [2.75, 3.05) is 25.1 Å². The molecule has 2 aliphatic heterocycles. The van der Waals surface area contributed by atoms with Gasteiger partial charge in [0.15, 0.2) is 0 Å². The number of benzene rings is 2. The summed E-state index contributed by atoms with van der Waals surface area (Å²) in [4.78, 5) is 40.9. The summed E-state index contributed by atoms with van der Waals surface area (Å²) in [6, 6.07) is 13.4. The third-order valence-electron chi connectivity index (χ3n) is 5.72. The molecule has 29 heavy (non-hydrogen) atoms. The first-order valence-corrected chi connectivity index (χ1v) is 9.82. The molecule has 2 aliphatic rings. The molecule has 6 nitrogen and oxygen atoms in total. The van der Waals surface area contributed by atoms with Gasteiger partial charge in [0.1, 0.15) is 0 Å². The Hall–Kier alpha value is -3.15. The molecule has 1 saturated heterocycles. The lowest BCUT2D eigenvalue weighted by atomic mass is 10.1. The molecule has 150 valence electrons. The normalized spacial score (nSPS) is 18.1. The van der Waals surface area contributed by atoms with Gasteiger partial charge in [-0.15, -0.1) is 0 Å². The lowest BCUT2D eigenvalue weighted by molar-refractivity contribution is -0.128. The van der Waals surface area contributed by atoms with E-state index in [1.807, 2.05) is 31.2 Å². The molecule has 6 heteroatoms. The van der Waals surface area contributed by atoms with Gasteiger partial charge in [0.05, 0.1) is 18.6 Å². The van der Waals surface area contributed by atoms with E-state index >= 15 is 0 Å². The van der Waals surface area contributed by atoms with Gasteiger partial charge in [-0.1, -0.05) is 29.8 Å². The molecule has 2 heterocycles. The fourth-order valence-electron chi connectivity index (χ4n) is 4.10. The summed E-state index contributed by atoms with van der Waals surface area (Å²) in [6.45, 7) is 3.57. The number of aryl methyl sites for hydroxylation is 1. The highest BCUT2D eigenvalue weighted by Gasteiger charge is 2.38. The van der Waals surface area contributed by atoms with E-state index in [-0.39, 0.29) is 30.1 Å². The number of likely N-dealkylation sites (tertiary alicyclic amines) is 1. The van der Waals surface area contributed by atoms with E-state index in [1.165, 1.54) is 12.7 Å². The fraction of sp³-hybridized carbons (Fsp3) is 0.348. The SMILES string of the molecule is COC(=O)c1ccc2c(c1)CCN2C(=O)C1CC(=O)N(Cc2ccc(C)cc2)C1. The van der Waals surface area contributed by atoms with Crippen LogP contribution in [0.2, 0.25) is 0 Å². The molecular formula is C23H24N2O4. The molecule has 1 atom stereocenters. The van der Waals surface area contributed by atoms with Crippen LogP contribution in [0.25, 0.3) is 0 Å². The summed E-state index contributed by atoms with van der Waals surface area (Å²) in [7, 11) is 1.35. The van der Waals surface area contributed by atoms with Crippen molar-refractivity contribution in [3.8, 4) is 0 Å². The van der Waals surface area contributed by atoms with E-state index in [2.05, 4.69) is 0 Å². The van der Waals surface area contributed by atoms with E-state index in [0.29, 0.717) is 31.6 Å². The Labute approximate surface area is 170 Å². The van der Waals surface area contributed by atoms with Gasteiger partial charge in [0, 0.05) is 31.7 Å². The lowest BCUT2D eigenvalue weighted by Gasteiger charge is -2.22. The van der Waals surface area contributed by atoms with Gasteiger partial charge in [-0.25, -0.2) is 4.79 Å². The molecule has 1 unspecified atom stereocenters. The van der Waals surface area contributed by atoms with Gasteiger partial charge in [-0.05, 0) is 42.7 Å². The Morgan fingerprint density at radius 2 is 1.90 bits per heavy atom. The number of carbonyl (C=O) groups excluding carboxylic acids is 3. The van der Waals surface area contributed by atoms with Crippen LogP contribution >= 0.6 is 0 Å². The molecule has 1 fully saturated rings. The Morgan fingerprint density at radius 1 is 1.14 bits per heavy atom. The number of rotatable bonds is 4. The molecular weight excluding hydrogens is 368 g/mol. The van der Waals surface area contributed by atoms with Crippen LogP contribution in [0.4, 0.5) is 5.69 Å². The molecule has 0 aromatic heterocycles. The molecule has 0 saturated carbocycles. The van der Waals surface area contributed by atoms with Crippen LogP contribution in [0.15, 0.2) is 42.5 Å². The van der Waals surface area contributed by atoms with Crippen LogP contribution in [0.1, 0.15) is 33.5 Å². The molecule has 4 rings (SSSR count). The number of hydrogen-bond donors (Lipinski definition) is 0. The summed E-state index contributed by atoms with van der Waals surface area (Å²) < 4.78 is 4.77. The second-order valence-electron chi connectivity index (χ2n) is 7.74. The van der Waals surface area contributed by atoms with E-state index in [0.717, 1.165) is 16.8 Å². The zero-order valence-electron chi connectivity index (χ0n) is 16.7. The van der Waals surface area contributed by atoms with Gasteiger partial charge < -0.3 is 14.5 Å². The number of amides is 2. The van der Waals surface area contributed by atoms with Crippen molar-refractivity contribution in [3.63, 3.8) is 0 Å². The highest BCUT2D eigenvalue weighted by atomic mass is 16.5. The standard InChI is InChI=1S/C23H24N2O4/c1-15-3-5-16(6-4-15)13-24-14-19(12-21(24)26)22(27)25-10-9-17-11-18(23(28)29-2)7-8-20(17)25/h3-8,11,19H,9-10,12-14H2,1-2H3. The fourth-order valence-corrected chi connectivity index (χ4v) is 4.10. The van der Waals surface area contributed by atoms with Crippen LogP contribution in [0, 0.1) is 12.8 Å². The van der Waals surface area contributed by atoms with Crippen LogP contribution in [0.5, 0.6) is 0 Å². The van der Waals surface area contributed by atoms with Crippen molar-refractivity contribution in [3.05, 3.63) is 64.7 Å². The first-order valence-electron chi connectivity index (χ1n) is 9.82. The summed E-state index contributed by atoms with van der Waals surface area (Å²) >= 11 is 0. The highest BCUT2D eigenvalue weighted by Crippen LogP contribution is 2.32. The Kier molecular flexibility index (Phi) is 5.09. The van der Waals surface area contributed by atoms with Crippen LogP contribution in [-0.2, 0) is 27.3 Å². The summed E-state index contributed by atoms with van der Waals surface area (Å²) in [5.41, 5.74) is 4.52. The molecule has 0 N–H and O–H groups in total. The van der Waals surface area contributed by atoms with Gasteiger partial charge in [-0.3, -0.25) is 9.59 Å². The maximum absolute atomic E-state index is 13.1. The number of methoxy groups -OCH3 is 1. The molecule has 0 bridgehead atoms. The van der Waals surface area contributed by atoms with Gasteiger partial charge in [-0.2, -0.15) is 0 Å². The number of ether oxygens (including phenoxy) is 1. The van der Waals surface area contributed by atoms with Gasteiger partial charge >= 0.3 is 5.97 Å². The first-order chi connectivity index (χ1) is 14.0. The molecule has 2 aromatic rings. The van der Waals surface area contributed by atoms with E-state index in [9.17, 15) is 14.4 Å². The minimum Gasteiger partial charge on any atom is -0.465 e. The van der Waals surface area contributed by atoms with Gasteiger partial charge in [0.2, 0.25) is 11.8 Å². The third kappa shape index (κ3) is 3.75. The van der Waals surface area contributed by atoms with Crippen molar-refractivity contribution in [2.45, 2.75) is 26.3 Å². The minimum absolute atomic E-state index is 0.0179. The molecule has 0 spiro atoms. The second kappa shape index (κ2) is 7.70.